The van der Waals surface area contributed by atoms with Gasteiger partial charge < -0.3 is 4.74 Å². The van der Waals surface area contributed by atoms with E-state index in [2.05, 4.69) is 6.58 Å². The van der Waals surface area contributed by atoms with Crippen LogP contribution in [-0.2, 0) is 9.05 Å². The molecule has 1 aromatic rings. The number of nitro groups is 1. The maximum absolute atomic E-state index is 13.5. The predicted octanol–water partition coefficient (Wildman–Crippen LogP) is 2.23. The first kappa shape index (κ1) is 14.4. The smallest absolute Gasteiger partial charge is 0.273 e. The number of rotatable bonds is 5. The lowest BCUT2D eigenvalue weighted by atomic mass is 10.3. The van der Waals surface area contributed by atoms with E-state index in [0.717, 1.165) is 0 Å². The highest BCUT2D eigenvalue weighted by Gasteiger charge is 2.25. The zero-order valence-electron chi connectivity index (χ0n) is 8.80. The van der Waals surface area contributed by atoms with Gasteiger partial charge in [0, 0.05) is 16.7 Å². The average molecular weight is 296 g/mol. The fourth-order valence-electron chi connectivity index (χ4n) is 1.12. The van der Waals surface area contributed by atoms with Gasteiger partial charge in [-0.05, 0) is 0 Å². The van der Waals surface area contributed by atoms with E-state index in [9.17, 15) is 22.9 Å². The first-order valence-electron chi connectivity index (χ1n) is 4.43. The summed E-state index contributed by atoms with van der Waals surface area (Å²) in [4.78, 5) is 8.77. The Bertz CT molecular complexity index is 601. The van der Waals surface area contributed by atoms with Crippen molar-refractivity contribution in [3.8, 4) is 5.75 Å². The van der Waals surface area contributed by atoms with Gasteiger partial charge in [-0.1, -0.05) is 12.7 Å². The number of nitro benzene ring substituents is 1. The third-order valence-electron chi connectivity index (χ3n) is 1.81. The maximum atomic E-state index is 13.5. The number of non-ortho nitro benzene ring substituents is 1. The average Bonchev–Trinajstić information content (AvgIpc) is 2.25. The van der Waals surface area contributed by atoms with Crippen molar-refractivity contribution in [3.63, 3.8) is 0 Å². The summed E-state index contributed by atoms with van der Waals surface area (Å²) in [7, 11) is 0.694. The fourth-order valence-corrected chi connectivity index (χ4v) is 2.11. The number of halogens is 2. The van der Waals surface area contributed by atoms with E-state index < -0.39 is 36.1 Å². The van der Waals surface area contributed by atoms with Gasteiger partial charge in [-0.25, -0.2) is 12.8 Å². The lowest BCUT2D eigenvalue weighted by Gasteiger charge is -2.08. The normalized spacial score (nSPS) is 11.0. The number of hydrogen-bond donors (Lipinski definition) is 0. The van der Waals surface area contributed by atoms with Crippen LogP contribution in [0.4, 0.5) is 10.1 Å². The fraction of sp³-hybridized carbons (Fsp3) is 0.111. The topological polar surface area (TPSA) is 86.5 Å². The largest absolute Gasteiger partial charge is 0.485 e. The molecule has 0 fully saturated rings. The zero-order valence-corrected chi connectivity index (χ0v) is 10.4. The monoisotopic (exact) mass is 295 g/mol. The molecule has 0 aromatic heterocycles. The Hall–Kier alpha value is -1.67. The van der Waals surface area contributed by atoms with Crippen molar-refractivity contribution >= 4 is 25.4 Å². The third-order valence-corrected chi connectivity index (χ3v) is 3.14. The predicted molar refractivity (Wildman–Crippen MR) is 61.8 cm³/mol. The van der Waals surface area contributed by atoms with Gasteiger partial charge in [-0.15, -0.1) is 0 Å². The van der Waals surface area contributed by atoms with Gasteiger partial charge in [-0.2, -0.15) is 0 Å². The van der Waals surface area contributed by atoms with E-state index in [-0.39, 0.29) is 6.61 Å². The molecule has 1 rings (SSSR count). The van der Waals surface area contributed by atoms with Crippen molar-refractivity contribution in [2.75, 3.05) is 6.61 Å². The number of hydrogen-bond acceptors (Lipinski definition) is 5. The second kappa shape index (κ2) is 5.32. The van der Waals surface area contributed by atoms with Crippen molar-refractivity contribution < 1.29 is 22.5 Å². The molecule has 0 aliphatic rings. The molecule has 9 heteroatoms. The van der Waals surface area contributed by atoms with Gasteiger partial charge in [0.2, 0.25) is 0 Å². The first-order chi connectivity index (χ1) is 8.27. The van der Waals surface area contributed by atoms with E-state index in [0.29, 0.717) is 12.1 Å². The second-order valence-electron chi connectivity index (χ2n) is 3.05. The van der Waals surface area contributed by atoms with Gasteiger partial charge in [0.15, 0.2) is 11.6 Å². The Morgan fingerprint density at radius 1 is 1.56 bits per heavy atom. The highest BCUT2D eigenvalue weighted by Crippen LogP contribution is 2.33. The third kappa shape index (κ3) is 3.17. The molecule has 0 radical (unpaired) electrons. The van der Waals surface area contributed by atoms with Crippen LogP contribution in [0.25, 0.3) is 0 Å². The Morgan fingerprint density at radius 3 is 2.61 bits per heavy atom. The molecule has 0 aliphatic heterocycles. The standard InChI is InChI=1S/C9H7ClFNO5S/c1-2-3-17-9-7(11)4-6(12(13)14)5-8(9)18(10,15)16/h2,4-5H,1,3H2. The van der Waals surface area contributed by atoms with Crippen molar-refractivity contribution in [2.45, 2.75) is 4.90 Å². The Labute approximate surface area is 106 Å². The molecule has 1 aromatic carbocycles. The van der Waals surface area contributed by atoms with E-state index >= 15 is 0 Å². The summed E-state index contributed by atoms with van der Waals surface area (Å²) >= 11 is 0. The van der Waals surface area contributed by atoms with Crippen LogP contribution in [-0.4, -0.2) is 19.9 Å². The van der Waals surface area contributed by atoms with E-state index in [1.165, 1.54) is 6.08 Å². The SMILES string of the molecule is C=CCOc1c(F)cc([N+](=O)[O-])cc1S(=O)(=O)Cl. The maximum Gasteiger partial charge on any atom is 0.273 e. The number of ether oxygens (including phenoxy) is 1. The van der Waals surface area contributed by atoms with Crippen LogP contribution in [0.5, 0.6) is 5.75 Å². The molecule has 0 atom stereocenters. The number of nitrogens with zero attached hydrogens (tertiary/aromatic N) is 1. The Balaban J connectivity index is 3.50. The number of benzene rings is 1. The van der Waals surface area contributed by atoms with Gasteiger partial charge >= 0.3 is 0 Å². The Morgan fingerprint density at radius 2 is 2.17 bits per heavy atom. The molecule has 0 bridgehead atoms. The molecule has 0 heterocycles. The summed E-state index contributed by atoms with van der Waals surface area (Å²) in [6, 6.07) is 1.17. The minimum atomic E-state index is -4.37. The molecule has 98 valence electrons. The zero-order chi connectivity index (χ0) is 13.9. The van der Waals surface area contributed by atoms with Crippen LogP contribution < -0.4 is 4.74 Å². The first-order valence-corrected chi connectivity index (χ1v) is 6.74. The molecule has 0 spiro atoms. The molecule has 0 N–H and O–H groups in total. The van der Waals surface area contributed by atoms with E-state index in [1.54, 1.807) is 0 Å². The molecule has 6 nitrogen and oxygen atoms in total. The molecule has 0 saturated heterocycles. The van der Waals surface area contributed by atoms with Crippen LogP contribution >= 0.6 is 10.7 Å². The molecular formula is C9H7ClFNO5S. The minimum Gasteiger partial charge on any atom is -0.485 e. The highest BCUT2D eigenvalue weighted by atomic mass is 35.7. The van der Waals surface area contributed by atoms with E-state index in [4.69, 9.17) is 15.4 Å². The van der Waals surface area contributed by atoms with E-state index in [1.807, 2.05) is 0 Å². The van der Waals surface area contributed by atoms with Crippen molar-refractivity contribution in [1.82, 2.24) is 0 Å². The molecule has 0 saturated carbocycles. The summed E-state index contributed by atoms with van der Waals surface area (Å²) in [5, 5.41) is 10.5. The minimum absolute atomic E-state index is 0.172. The van der Waals surface area contributed by atoms with Gasteiger partial charge in [0.05, 0.1) is 11.0 Å². The molecular weight excluding hydrogens is 289 g/mol. The van der Waals surface area contributed by atoms with Crippen LogP contribution in [0.2, 0.25) is 0 Å². The van der Waals surface area contributed by atoms with Gasteiger partial charge in [-0.3, -0.25) is 10.1 Å². The lowest BCUT2D eigenvalue weighted by Crippen LogP contribution is -2.04. The van der Waals surface area contributed by atoms with Crippen LogP contribution in [0.1, 0.15) is 0 Å². The van der Waals surface area contributed by atoms with Crippen LogP contribution in [0.3, 0.4) is 0 Å². The Kier molecular flexibility index (Phi) is 4.25. The van der Waals surface area contributed by atoms with Crippen molar-refractivity contribution in [1.29, 1.82) is 0 Å². The molecule has 0 unspecified atom stereocenters. The summed E-state index contributed by atoms with van der Waals surface area (Å²) in [5.74, 6) is -1.86. The summed E-state index contributed by atoms with van der Waals surface area (Å²) in [6.07, 6.45) is 1.26. The lowest BCUT2D eigenvalue weighted by molar-refractivity contribution is -0.385. The van der Waals surface area contributed by atoms with Crippen LogP contribution in [0.15, 0.2) is 29.7 Å². The molecule has 18 heavy (non-hydrogen) atoms. The summed E-state index contributed by atoms with van der Waals surface area (Å²) in [5.41, 5.74) is -0.738. The van der Waals surface area contributed by atoms with Gasteiger partial charge in [0.25, 0.3) is 14.7 Å². The summed E-state index contributed by atoms with van der Waals surface area (Å²) < 4.78 is 40.8. The second-order valence-corrected chi connectivity index (χ2v) is 5.58. The van der Waals surface area contributed by atoms with Crippen molar-refractivity contribution in [2.24, 2.45) is 0 Å². The summed E-state index contributed by atoms with van der Waals surface area (Å²) in [6.45, 7) is 3.13. The van der Waals surface area contributed by atoms with Crippen LogP contribution in [0, 0.1) is 15.9 Å². The molecule has 0 aliphatic carbocycles. The molecule has 0 amide bonds. The highest BCUT2D eigenvalue weighted by molar-refractivity contribution is 8.13. The van der Waals surface area contributed by atoms with Crippen molar-refractivity contribution in [3.05, 3.63) is 40.7 Å². The quantitative estimate of drug-likeness (QED) is 0.360. The van der Waals surface area contributed by atoms with Gasteiger partial charge in [0.1, 0.15) is 11.5 Å².